The molecule has 2 rings (SSSR count). The van der Waals surface area contributed by atoms with E-state index in [0.717, 1.165) is 4.47 Å². The summed E-state index contributed by atoms with van der Waals surface area (Å²) in [4.78, 5) is 11.4. The number of amides is 1. The Balaban J connectivity index is 1.76. The highest BCUT2D eigenvalue weighted by atomic mass is 79.9. The first kappa shape index (κ1) is 13.4. The van der Waals surface area contributed by atoms with Crippen LogP contribution in [0, 0.1) is 0 Å². The lowest BCUT2D eigenvalue weighted by atomic mass is 10.3. The van der Waals surface area contributed by atoms with Crippen molar-refractivity contribution in [2.45, 2.75) is 0 Å². The Morgan fingerprint density at radius 3 is 3.05 bits per heavy atom. The predicted octanol–water partition coefficient (Wildman–Crippen LogP) is 2.57. The van der Waals surface area contributed by atoms with Crippen LogP contribution in [0.1, 0.15) is 5.76 Å². The van der Waals surface area contributed by atoms with Gasteiger partial charge in [0.25, 0.3) is 5.91 Å². The van der Waals surface area contributed by atoms with E-state index < -0.39 is 0 Å². The summed E-state index contributed by atoms with van der Waals surface area (Å²) in [6.07, 6.45) is 2.94. The van der Waals surface area contributed by atoms with Crippen LogP contribution < -0.4 is 10.2 Å². The highest BCUT2D eigenvalue weighted by Crippen LogP contribution is 2.17. The lowest BCUT2D eigenvalue weighted by molar-refractivity contribution is -0.123. The van der Waals surface area contributed by atoms with E-state index in [1.54, 1.807) is 24.3 Å². The highest BCUT2D eigenvalue weighted by molar-refractivity contribution is 9.10. The summed E-state index contributed by atoms with van der Waals surface area (Å²) in [5.41, 5.74) is 2.34. The molecule has 1 amide bonds. The van der Waals surface area contributed by atoms with Crippen molar-refractivity contribution in [1.29, 1.82) is 0 Å². The van der Waals surface area contributed by atoms with Crippen molar-refractivity contribution in [3.05, 3.63) is 52.9 Å². The third-order valence-electron chi connectivity index (χ3n) is 2.09. The van der Waals surface area contributed by atoms with Crippen molar-refractivity contribution in [2.75, 3.05) is 6.61 Å². The van der Waals surface area contributed by atoms with E-state index in [-0.39, 0.29) is 12.5 Å². The molecule has 19 heavy (non-hydrogen) atoms. The van der Waals surface area contributed by atoms with Crippen molar-refractivity contribution in [3.63, 3.8) is 0 Å². The smallest absolute Gasteiger partial charge is 0.277 e. The fourth-order valence-electron chi connectivity index (χ4n) is 1.27. The van der Waals surface area contributed by atoms with Crippen LogP contribution in [-0.4, -0.2) is 18.7 Å². The Hall–Kier alpha value is -2.08. The van der Waals surface area contributed by atoms with Gasteiger partial charge in [-0.3, -0.25) is 4.79 Å². The van der Waals surface area contributed by atoms with Gasteiger partial charge in [-0.05, 0) is 30.3 Å². The zero-order chi connectivity index (χ0) is 13.5. The summed E-state index contributed by atoms with van der Waals surface area (Å²) in [6, 6.07) is 10.7. The van der Waals surface area contributed by atoms with E-state index in [2.05, 4.69) is 26.5 Å². The highest BCUT2D eigenvalue weighted by Gasteiger charge is 2.01. The Morgan fingerprint density at radius 2 is 2.32 bits per heavy atom. The SMILES string of the molecule is O=C(COc1cccc(Br)c1)N/N=C/c1ccco1. The number of nitrogens with zero attached hydrogens (tertiary/aromatic N) is 1. The summed E-state index contributed by atoms with van der Waals surface area (Å²) in [5, 5.41) is 3.74. The van der Waals surface area contributed by atoms with Gasteiger partial charge in [-0.15, -0.1) is 0 Å². The van der Waals surface area contributed by atoms with Gasteiger partial charge in [-0.2, -0.15) is 5.10 Å². The molecule has 0 radical (unpaired) electrons. The third-order valence-corrected chi connectivity index (χ3v) is 2.58. The quantitative estimate of drug-likeness (QED) is 0.679. The molecule has 2 aromatic rings. The number of ether oxygens (including phenoxy) is 1. The topological polar surface area (TPSA) is 63.8 Å². The fourth-order valence-corrected chi connectivity index (χ4v) is 1.65. The molecule has 98 valence electrons. The van der Waals surface area contributed by atoms with Crippen LogP contribution in [0.5, 0.6) is 5.75 Å². The Labute approximate surface area is 118 Å². The molecule has 1 heterocycles. The van der Waals surface area contributed by atoms with E-state index in [1.807, 2.05) is 12.1 Å². The number of halogens is 1. The van der Waals surface area contributed by atoms with E-state index in [4.69, 9.17) is 9.15 Å². The number of hydrazone groups is 1. The maximum Gasteiger partial charge on any atom is 0.277 e. The summed E-state index contributed by atoms with van der Waals surface area (Å²) in [6.45, 7) is -0.105. The van der Waals surface area contributed by atoms with Crippen LogP contribution in [0.3, 0.4) is 0 Å². The normalized spacial score (nSPS) is 10.6. The van der Waals surface area contributed by atoms with Crippen molar-refractivity contribution >= 4 is 28.1 Å². The zero-order valence-electron chi connectivity index (χ0n) is 9.88. The standard InChI is InChI=1S/C13H11BrN2O3/c14-10-3-1-4-11(7-10)19-9-13(17)16-15-8-12-5-2-6-18-12/h1-8H,9H2,(H,16,17)/b15-8+. The van der Waals surface area contributed by atoms with Crippen molar-refractivity contribution in [2.24, 2.45) is 5.10 Å². The Kier molecular flexibility index (Phi) is 4.74. The second kappa shape index (κ2) is 6.75. The van der Waals surface area contributed by atoms with Gasteiger partial charge in [-0.1, -0.05) is 22.0 Å². The van der Waals surface area contributed by atoms with E-state index >= 15 is 0 Å². The third kappa shape index (κ3) is 4.59. The lowest BCUT2D eigenvalue weighted by Crippen LogP contribution is -2.24. The monoisotopic (exact) mass is 322 g/mol. The van der Waals surface area contributed by atoms with Gasteiger partial charge in [0.1, 0.15) is 11.5 Å². The molecule has 0 saturated carbocycles. The van der Waals surface area contributed by atoms with Crippen LogP contribution in [0.2, 0.25) is 0 Å². The number of carbonyl (C=O) groups excluding carboxylic acids is 1. The minimum Gasteiger partial charge on any atom is -0.484 e. The zero-order valence-corrected chi connectivity index (χ0v) is 11.5. The van der Waals surface area contributed by atoms with Gasteiger partial charge < -0.3 is 9.15 Å². The molecule has 5 nitrogen and oxygen atoms in total. The molecule has 0 aliphatic rings. The molecule has 0 spiro atoms. The molecule has 1 aromatic heterocycles. The molecule has 1 aromatic carbocycles. The second-order valence-electron chi connectivity index (χ2n) is 3.55. The molecule has 0 saturated heterocycles. The minimum atomic E-state index is -0.345. The average molecular weight is 323 g/mol. The molecule has 0 aliphatic carbocycles. The number of nitrogens with one attached hydrogen (secondary N) is 1. The van der Waals surface area contributed by atoms with E-state index in [0.29, 0.717) is 11.5 Å². The van der Waals surface area contributed by atoms with Gasteiger partial charge in [0.2, 0.25) is 0 Å². The van der Waals surface area contributed by atoms with Crippen LogP contribution in [0.15, 0.2) is 56.7 Å². The van der Waals surface area contributed by atoms with Gasteiger partial charge in [0.15, 0.2) is 6.61 Å². The first-order chi connectivity index (χ1) is 9.24. The molecule has 0 aliphatic heterocycles. The van der Waals surface area contributed by atoms with Gasteiger partial charge in [0.05, 0.1) is 12.5 Å². The fraction of sp³-hybridized carbons (Fsp3) is 0.0769. The molecule has 0 atom stereocenters. The maximum atomic E-state index is 11.4. The number of hydrogen-bond donors (Lipinski definition) is 1. The first-order valence-corrected chi connectivity index (χ1v) is 6.27. The number of hydrogen-bond acceptors (Lipinski definition) is 4. The van der Waals surface area contributed by atoms with Crippen LogP contribution in [-0.2, 0) is 4.79 Å². The van der Waals surface area contributed by atoms with Crippen molar-refractivity contribution in [3.8, 4) is 5.75 Å². The Bertz CT molecular complexity index is 567. The number of furan rings is 1. The van der Waals surface area contributed by atoms with Crippen molar-refractivity contribution < 1.29 is 13.9 Å². The van der Waals surface area contributed by atoms with Gasteiger partial charge >= 0.3 is 0 Å². The molecular weight excluding hydrogens is 312 g/mol. The lowest BCUT2D eigenvalue weighted by Gasteiger charge is -2.04. The summed E-state index contributed by atoms with van der Waals surface area (Å²) in [7, 11) is 0. The van der Waals surface area contributed by atoms with E-state index in [1.165, 1.54) is 12.5 Å². The predicted molar refractivity (Wildman–Crippen MR) is 74.1 cm³/mol. The molecule has 1 N–H and O–H groups in total. The number of rotatable bonds is 5. The first-order valence-electron chi connectivity index (χ1n) is 5.48. The summed E-state index contributed by atoms with van der Waals surface area (Å²) >= 11 is 3.32. The molecular formula is C13H11BrN2O3. The molecule has 6 heteroatoms. The Morgan fingerprint density at radius 1 is 1.42 bits per heavy atom. The average Bonchev–Trinajstić information content (AvgIpc) is 2.90. The van der Waals surface area contributed by atoms with Crippen LogP contribution in [0.4, 0.5) is 0 Å². The molecule has 0 bridgehead atoms. The number of carbonyl (C=O) groups is 1. The summed E-state index contributed by atoms with van der Waals surface area (Å²) < 4.78 is 11.2. The van der Waals surface area contributed by atoms with E-state index in [9.17, 15) is 4.79 Å². The minimum absolute atomic E-state index is 0.105. The summed E-state index contributed by atoms with van der Waals surface area (Å²) in [5.74, 6) is 0.829. The molecule has 0 unspecified atom stereocenters. The van der Waals surface area contributed by atoms with Gasteiger partial charge in [-0.25, -0.2) is 5.43 Å². The maximum absolute atomic E-state index is 11.4. The number of benzene rings is 1. The molecule has 0 fully saturated rings. The van der Waals surface area contributed by atoms with Crippen molar-refractivity contribution in [1.82, 2.24) is 5.43 Å². The largest absolute Gasteiger partial charge is 0.484 e. The second-order valence-corrected chi connectivity index (χ2v) is 4.47. The van der Waals surface area contributed by atoms with Crippen LogP contribution >= 0.6 is 15.9 Å². The van der Waals surface area contributed by atoms with Crippen LogP contribution in [0.25, 0.3) is 0 Å². The van der Waals surface area contributed by atoms with Gasteiger partial charge in [0, 0.05) is 4.47 Å².